The highest BCUT2D eigenvalue weighted by Gasteiger charge is 2.04. The maximum atomic E-state index is 5.23. The van der Waals surface area contributed by atoms with E-state index in [0.717, 1.165) is 17.0 Å². The van der Waals surface area contributed by atoms with Crippen LogP contribution in [0.4, 0.5) is 0 Å². The molecule has 0 N–H and O–H groups in total. The minimum Gasteiger partial charge on any atom is -0.496 e. The molecule has 0 saturated carbocycles. The molecule has 0 amide bonds. The van der Waals surface area contributed by atoms with Gasteiger partial charge in [0.15, 0.2) is 0 Å². The average Bonchev–Trinajstić information content (AvgIpc) is 2.30. The molecule has 70 valence electrons. The van der Waals surface area contributed by atoms with Crippen molar-refractivity contribution < 1.29 is 4.74 Å². The van der Waals surface area contributed by atoms with E-state index >= 15 is 0 Å². The third-order valence-electron chi connectivity index (χ3n) is 1.95. The number of hydrogen-bond donors (Lipinski definition) is 0. The number of aromatic nitrogens is 2. The van der Waals surface area contributed by atoms with E-state index in [4.69, 9.17) is 4.74 Å². The van der Waals surface area contributed by atoms with E-state index in [1.807, 2.05) is 24.3 Å². The van der Waals surface area contributed by atoms with Gasteiger partial charge in [-0.05, 0) is 12.1 Å². The molecule has 0 saturated heterocycles. The average molecular weight is 186 g/mol. The highest BCUT2D eigenvalue weighted by molar-refractivity contribution is 5.65. The Morgan fingerprint density at radius 1 is 1.14 bits per heavy atom. The van der Waals surface area contributed by atoms with Crippen molar-refractivity contribution in [2.24, 2.45) is 0 Å². The topological polar surface area (TPSA) is 35.0 Å². The first kappa shape index (κ1) is 8.69. The Balaban J connectivity index is 2.51. The summed E-state index contributed by atoms with van der Waals surface area (Å²) in [6.07, 6.45) is 5.04. The summed E-state index contributed by atoms with van der Waals surface area (Å²) in [5, 5.41) is 0. The Kier molecular flexibility index (Phi) is 2.40. The molecule has 2 rings (SSSR count). The molecule has 0 aliphatic rings. The normalized spacial score (nSPS) is 9.79. The molecule has 0 atom stereocenters. The monoisotopic (exact) mass is 186 g/mol. The zero-order chi connectivity index (χ0) is 9.80. The highest BCUT2D eigenvalue weighted by atomic mass is 16.5. The molecule has 0 aliphatic heterocycles. The Morgan fingerprint density at radius 3 is 2.71 bits per heavy atom. The number of ether oxygens (including phenoxy) is 1. The van der Waals surface area contributed by atoms with E-state index in [1.54, 1.807) is 25.7 Å². The van der Waals surface area contributed by atoms with Crippen molar-refractivity contribution >= 4 is 0 Å². The van der Waals surface area contributed by atoms with Gasteiger partial charge in [0.2, 0.25) is 0 Å². The van der Waals surface area contributed by atoms with E-state index in [1.165, 1.54) is 0 Å². The van der Waals surface area contributed by atoms with Crippen LogP contribution in [0.2, 0.25) is 0 Å². The number of hydrogen-bond acceptors (Lipinski definition) is 3. The third kappa shape index (κ3) is 1.57. The molecule has 1 heterocycles. The van der Waals surface area contributed by atoms with Gasteiger partial charge < -0.3 is 4.74 Å². The van der Waals surface area contributed by atoms with Gasteiger partial charge in [0.05, 0.1) is 19.0 Å². The molecule has 14 heavy (non-hydrogen) atoms. The summed E-state index contributed by atoms with van der Waals surface area (Å²) < 4.78 is 5.23. The molecule has 0 fully saturated rings. The minimum atomic E-state index is 0.813. The van der Waals surface area contributed by atoms with Gasteiger partial charge in [-0.2, -0.15) is 0 Å². The zero-order valence-electron chi connectivity index (χ0n) is 7.84. The first-order chi connectivity index (χ1) is 6.92. The van der Waals surface area contributed by atoms with Crippen LogP contribution < -0.4 is 4.74 Å². The second-order valence-corrected chi connectivity index (χ2v) is 2.79. The van der Waals surface area contributed by atoms with Gasteiger partial charge in [0, 0.05) is 18.0 Å². The first-order valence-electron chi connectivity index (χ1n) is 4.31. The smallest absolute Gasteiger partial charge is 0.128 e. The minimum absolute atomic E-state index is 0.813. The fourth-order valence-corrected chi connectivity index (χ4v) is 1.29. The summed E-state index contributed by atoms with van der Waals surface area (Å²) in [6, 6.07) is 7.75. The summed E-state index contributed by atoms with van der Waals surface area (Å²) in [5.41, 5.74) is 1.79. The predicted octanol–water partition coefficient (Wildman–Crippen LogP) is 2.15. The van der Waals surface area contributed by atoms with E-state index in [-0.39, 0.29) is 0 Å². The molecule has 0 spiro atoms. The SMILES string of the molecule is COc1ccccc1-c1cnccn1. The lowest BCUT2D eigenvalue weighted by molar-refractivity contribution is 0.416. The van der Waals surface area contributed by atoms with Crippen molar-refractivity contribution in [2.45, 2.75) is 0 Å². The molecule has 0 unspecified atom stereocenters. The van der Waals surface area contributed by atoms with E-state index in [2.05, 4.69) is 9.97 Å². The van der Waals surface area contributed by atoms with Crippen LogP contribution in [-0.2, 0) is 0 Å². The van der Waals surface area contributed by atoms with Crippen LogP contribution in [0, 0.1) is 0 Å². The van der Waals surface area contributed by atoms with Crippen LogP contribution in [0.15, 0.2) is 42.9 Å². The van der Waals surface area contributed by atoms with Crippen molar-refractivity contribution in [1.29, 1.82) is 0 Å². The molecule has 3 nitrogen and oxygen atoms in total. The summed E-state index contributed by atoms with van der Waals surface area (Å²) in [4.78, 5) is 8.23. The fourth-order valence-electron chi connectivity index (χ4n) is 1.29. The van der Waals surface area contributed by atoms with Crippen LogP contribution in [0.1, 0.15) is 0 Å². The van der Waals surface area contributed by atoms with Crippen LogP contribution in [0.25, 0.3) is 11.3 Å². The molecular weight excluding hydrogens is 176 g/mol. The second-order valence-electron chi connectivity index (χ2n) is 2.79. The lowest BCUT2D eigenvalue weighted by atomic mass is 10.1. The van der Waals surface area contributed by atoms with E-state index in [9.17, 15) is 0 Å². The molecule has 0 radical (unpaired) electrons. The number of benzene rings is 1. The maximum Gasteiger partial charge on any atom is 0.128 e. The Bertz CT molecular complexity index is 415. The van der Waals surface area contributed by atoms with Crippen molar-refractivity contribution in [2.75, 3.05) is 7.11 Å². The Labute approximate surface area is 82.4 Å². The van der Waals surface area contributed by atoms with Crippen molar-refractivity contribution in [3.05, 3.63) is 42.9 Å². The standard InChI is InChI=1S/C11H10N2O/c1-14-11-5-3-2-4-9(11)10-8-12-6-7-13-10/h2-8H,1H3. The maximum absolute atomic E-state index is 5.23. The molecule has 1 aromatic carbocycles. The number of para-hydroxylation sites is 1. The molecule has 3 heteroatoms. The van der Waals surface area contributed by atoms with Crippen LogP contribution in [-0.4, -0.2) is 17.1 Å². The molecule has 1 aromatic heterocycles. The molecule has 0 bridgehead atoms. The Hall–Kier alpha value is -1.90. The van der Waals surface area contributed by atoms with Crippen molar-refractivity contribution in [3.63, 3.8) is 0 Å². The number of rotatable bonds is 2. The zero-order valence-corrected chi connectivity index (χ0v) is 7.84. The van der Waals surface area contributed by atoms with E-state index < -0.39 is 0 Å². The second kappa shape index (κ2) is 3.87. The van der Waals surface area contributed by atoms with Gasteiger partial charge in [-0.1, -0.05) is 12.1 Å². The molecule has 0 aliphatic carbocycles. The fraction of sp³-hybridized carbons (Fsp3) is 0.0909. The van der Waals surface area contributed by atoms with Crippen LogP contribution >= 0.6 is 0 Å². The lowest BCUT2D eigenvalue weighted by Gasteiger charge is -2.05. The van der Waals surface area contributed by atoms with Gasteiger partial charge >= 0.3 is 0 Å². The van der Waals surface area contributed by atoms with Crippen LogP contribution in [0.5, 0.6) is 5.75 Å². The van der Waals surface area contributed by atoms with Crippen molar-refractivity contribution in [3.8, 4) is 17.0 Å². The first-order valence-corrected chi connectivity index (χ1v) is 4.31. The number of methoxy groups -OCH3 is 1. The summed E-state index contributed by atoms with van der Waals surface area (Å²) in [6.45, 7) is 0. The predicted molar refractivity (Wildman–Crippen MR) is 54.0 cm³/mol. The van der Waals surface area contributed by atoms with Gasteiger partial charge in [-0.25, -0.2) is 0 Å². The van der Waals surface area contributed by atoms with Gasteiger partial charge in [0.25, 0.3) is 0 Å². The largest absolute Gasteiger partial charge is 0.496 e. The quantitative estimate of drug-likeness (QED) is 0.720. The number of nitrogens with zero attached hydrogens (tertiary/aromatic N) is 2. The molecule has 2 aromatic rings. The van der Waals surface area contributed by atoms with Crippen LogP contribution in [0.3, 0.4) is 0 Å². The summed E-state index contributed by atoms with van der Waals surface area (Å²) in [7, 11) is 1.65. The molecular formula is C11H10N2O. The van der Waals surface area contributed by atoms with Crippen molar-refractivity contribution in [1.82, 2.24) is 9.97 Å². The van der Waals surface area contributed by atoms with Gasteiger partial charge in [0.1, 0.15) is 5.75 Å². The van der Waals surface area contributed by atoms with Gasteiger partial charge in [-0.15, -0.1) is 0 Å². The summed E-state index contributed by atoms with van der Waals surface area (Å²) >= 11 is 0. The summed E-state index contributed by atoms with van der Waals surface area (Å²) in [5.74, 6) is 0.813. The van der Waals surface area contributed by atoms with Gasteiger partial charge in [-0.3, -0.25) is 9.97 Å². The van der Waals surface area contributed by atoms with E-state index in [0.29, 0.717) is 0 Å². The third-order valence-corrected chi connectivity index (χ3v) is 1.95. The lowest BCUT2D eigenvalue weighted by Crippen LogP contribution is -1.89. The highest BCUT2D eigenvalue weighted by Crippen LogP contribution is 2.26. The Morgan fingerprint density at radius 2 is 2.00 bits per heavy atom.